The number of hydrogen-bond donors (Lipinski definition) is 1. The first kappa shape index (κ1) is 13.1. The van der Waals surface area contributed by atoms with Crippen LogP contribution in [0.4, 0.5) is 5.69 Å². The van der Waals surface area contributed by atoms with Crippen molar-refractivity contribution in [3.8, 4) is 0 Å². The highest BCUT2D eigenvalue weighted by atomic mass is 79.9. The van der Waals surface area contributed by atoms with Gasteiger partial charge in [-0.3, -0.25) is 4.79 Å². The van der Waals surface area contributed by atoms with Gasteiger partial charge >= 0.3 is 0 Å². The van der Waals surface area contributed by atoms with Gasteiger partial charge < -0.3 is 5.32 Å². The number of nitrogens with one attached hydrogen (secondary N) is 1. The van der Waals surface area contributed by atoms with E-state index >= 15 is 0 Å². The van der Waals surface area contributed by atoms with Gasteiger partial charge in [0, 0.05) is 18.1 Å². The van der Waals surface area contributed by atoms with E-state index in [1.54, 1.807) is 13.2 Å². The molecule has 0 aliphatic carbocycles. The van der Waals surface area contributed by atoms with Crippen LogP contribution in [0.1, 0.15) is 5.56 Å². The standard InChI is InChI=1S/C12H11BrClN3O/c1-17-12(18)11(14)10(7-16-17)15-6-8-2-4-9(13)5-3-8/h2-5,7,15H,6H2,1H3. The molecule has 0 radical (unpaired) electrons. The second-order valence-electron chi connectivity index (χ2n) is 3.78. The lowest BCUT2D eigenvalue weighted by Crippen LogP contribution is -2.21. The Labute approximate surface area is 118 Å². The Balaban J connectivity index is 2.13. The van der Waals surface area contributed by atoms with Gasteiger partial charge in [0.05, 0.1) is 11.9 Å². The van der Waals surface area contributed by atoms with Crippen LogP contribution in [-0.4, -0.2) is 9.78 Å². The predicted octanol–water partition coefficient (Wildman–Crippen LogP) is 2.81. The molecule has 2 aromatic rings. The van der Waals surface area contributed by atoms with E-state index in [2.05, 4.69) is 26.3 Å². The second-order valence-corrected chi connectivity index (χ2v) is 5.07. The average Bonchev–Trinajstić information content (AvgIpc) is 2.37. The number of aryl methyl sites for hydroxylation is 1. The summed E-state index contributed by atoms with van der Waals surface area (Å²) in [5.74, 6) is 0. The van der Waals surface area contributed by atoms with Crippen molar-refractivity contribution in [2.45, 2.75) is 6.54 Å². The molecule has 0 spiro atoms. The first-order valence-corrected chi connectivity index (χ1v) is 6.45. The SMILES string of the molecule is Cn1ncc(NCc2ccc(Br)cc2)c(Cl)c1=O. The minimum atomic E-state index is -0.308. The summed E-state index contributed by atoms with van der Waals surface area (Å²) in [4.78, 5) is 11.6. The molecule has 1 heterocycles. The maximum Gasteiger partial charge on any atom is 0.287 e. The Morgan fingerprint density at radius 2 is 2.06 bits per heavy atom. The third-order valence-corrected chi connectivity index (χ3v) is 3.37. The Bertz CT molecular complexity index is 610. The van der Waals surface area contributed by atoms with Crippen LogP contribution in [-0.2, 0) is 13.6 Å². The number of rotatable bonds is 3. The maximum absolute atomic E-state index is 11.6. The van der Waals surface area contributed by atoms with E-state index in [9.17, 15) is 4.79 Å². The third-order valence-electron chi connectivity index (χ3n) is 2.47. The quantitative estimate of drug-likeness (QED) is 0.942. The van der Waals surface area contributed by atoms with Gasteiger partial charge in [-0.15, -0.1) is 0 Å². The molecular formula is C12H11BrClN3O. The summed E-state index contributed by atoms with van der Waals surface area (Å²) in [6.45, 7) is 0.585. The maximum atomic E-state index is 11.6. The minimum absolute atomic E-state index is 0.157. The third kappa shape index (κ3) is 2.91. The van der Waals surface area contributed by atoms with Crippen LogP contribution in [0.25, 0.3) is 0 Å². The van der Waals surface area contributed by atoms with Gasteiger partial charge in [-0.2, -0.15) is 5.10 Å². The number of nitrogens with zero attached hydrogens (tertiary/aromatic N) is 2. The van der Waals surface area contributed by atoms with E-state index < -0.39 is 0 Å². The van der Waals surface area contributed by atoms with Crippen molar-refractivity contribution >= 4 is 33.2 Å². The molecule has 1 aromatic heterocycles. The van der Waals surface area contributed by atoms with E-state index in [-0.39, 0.29) is 10.6 Å². The van der Waals surface area contributed by atoms with Crippen LogP contribution < -0.4 is 10.9 Å². The van der Waals surface area contributed by atoms with E-state index in [1.165, 1.54) is 4.68 Å². The molecule has 0 fully saturated rings. The molecule has 6 heteroatoms. The highest BCUT2D eigenvalue weighted by molar-refractivity contribution is 9.10. The summed E-state index contributed by atoms with van der Waals surface area (Å²) in [5, 5.41) is 7.17. The molecule has 1 aromatic carbocycles. The summed E-state index contributed by atoms with van der Waals surface area (Å²) in [7, 11) is 1.56. The van der Waals surface area contributed by atoms with Gasteiger partial charge in [0.1, 0.15) is 5.02 Å². The molecule has 0 bridgehead atoms. The predicted molar refractivity (Wildman–Crippen MR) is 76.0 cm³/mol. The lowest BCUT2D eigenvalue weighted by atomic mass is 10.2. The van der Waals surface area contributed by atoms with Gasteiger partial charge in [0.2, 0.25) is 0 Å². The van der Waals surface area contributed by atoms with Crippen LogP contribution in [0.15, 0.2) is 39.7 Å². The number of halogens is 2. The summed E-state index contributed by atoms with van der Waals surface area (Å²) >= 11 is 9.32. The molecule has 1 N–H and O–H groups in total. The lowest BCUT2D eigenvalue weighted by molar-refractivity contribution is 0.708. The molecule has 2 rings (SSSR count). The Hall–Kier alpha value is -1.33. The summed E-state index contributed by atoms with van der Waals surface area (Å²) < 4.78 is 2.23. The van der Waals surface area contributed by atoms with E-state index in [0.29, 0.717) is 12.2 Å². The number of hydrogen-bond acceptors (Lipinski definition) is 3. The Morgan fingerprint density at radius 1 is 1.39 bits per heavy atom. The zero-order chi connectivity index (χ0) is 13.1. The van der Waals surface area contributed by atoms with Crippen molar-refractivity contribution in [2.75, 3.05) is 5.32 Å². The summed E-state index contributed by atoms with van der Waals surface area (Å²) in [5.41, 5.74) is 1.33. The fourth-order valence-corrected chi connectivity index (χ4v) is 1.94. The van der Waals surface area contributed by atoms with Crippen LogP contribution in [0.2, 0.25) is 5.02 Å². The molecule has 0 aliphatic rings. The Kier molecular flexibility index (Phi) is 4.04. The molecular weight excluding hydrogens is 318 g/mol. The number of aromatic nitrogens is 2. The fraction of sp³-hybridized carbons (Fsp3) is 0.167. The van der Waals surface area contributed by atoms with E-state index in [0.717, 1.165) is 10.0 Å². The zero-order valence-corrected chi connectivity index (χ0v) is 12.0. The lowest BCUT2D eigenvalue weighted by Gasteiger charge is -2.08. The van der Waals surface area contributed by atoms with Crippen molar-refractivity contribution in [1.82, 2.24) is 9.78 Å². The summed E-state index contributed by atoms with van der Waals surface area (Å²) in [6, 6.07) is 7.89. The van der Waals surface area contributed by atoms with Gasteiger partial charge in [0.15, 0.2) is 0 Å². The van der Waals surface area contributed by atoms with Crippen molar-refractivity contribution in [3.63, 3.8) is 0 Å². The van der Waals surface area contributed by atoms with Crippen LogP contribution >= 0.6 is 27.5 Å². The first-order valence-electron chi connectivity index (χ1n) is 5.28. The normalized spacial score (nSPS) is 10.4. The largest absolute Gasteiger partial charge is 0.378 e. The molecule has 0 amide bonds. The average molecular weight is 329 g/mol. The molecule has 0 saturated carbocycles. The van der Waals surface area contributed by atoms with Crippen LogP contribution in [0.5, 0.6) is 0 Å². The van der Waals surface area contributed by atoms with Crippen molar-refractivity contribution in [3.05, 3.63) is 55.9 Å². The number of benzene rings is 1. The van der Waals surface area contributed by atoms with Crippen molar-refractivity contribution < 1.29 is 0 Å². The van der Waals surface area contributed by atoms with Crippen LogP contribution in [0.3, 0.4) is 0 Å². The molecule has 4 nitrogen and oxygen atoms in total. The highest BCUT2D eigenvalue weighted by Crippen LogP contribution is 2.17. The fourth-order valence-electron chi connectivity index (χ4n) is 1.43. The molecule has 94 valence electrons. The molecule has 0 unspecified atom stereocenters. The van der Waals surface area contributed by atoms with Crippen molar-refractivity contribution in [2.24, 2.45) is 7.05 Å². The molecule has 0 atom stereocenters. The molecule has 0 saturated heterocycles. The second kappa shape index (κ2) is 5.54. The first-order chi connectivity index (χ1) is 8.58. The summed E-state index contributed by atoms with van der Waals surface area (Å²) in [6.07, 6.45) is 1.54. The van der Waals surface area contributed by atoms with Gasteiger partial charge in [-0.1, -0.05) is 39.7 Å². The Morgan fingerprint density at radius 3 is 2.72 bits per heavy atom. The smallest absolute Gasteiger partial charge is 0.287 e. The monoisotopic (exact) mass is 327 g/mol. The molecule has 18 heavy (non-hydrogen) atoms. The highest BCUT2D eigenvalue weighted by Gasteiger charge is 2.06. The van der Waals surface area contributed by atoms with Crippen molar-refractivity contribution in [1.29, 1.82) is 0 Å². The number of anilines is 1. The zero-order valence-electron chi connectivity index (χ0n) is 9.65. The van der Waals surface area contributed by atoms with E-state index in [1.807, 2.05) is 24.3 Å². The van der Waals surface area contributed by atoms with E-state index in [4.69, 9.17) is 11.6 Å². The van der Waals surface area contributed by atoms with Crippen LogP contribution in [0, 0.1) is 0 Å². The van der Waals surface area contributed by atoms with Gasteiger partial charge in [-0.25, -0.2) is 4.68 Å². The topological polar surface area (TPSA) is 46.9 Å². The minimum Gasteiger partial charge on any atom is -0.378 e. The van der Waals surface area contributed by atoms with Gasteiger partial charge in [-0.05, 0) is 17.7 Å². The molecule has 0 aliphatic heterocycles. The van der Waals surface area contributed by atoms with Gasteiger partial charge in [0.25, 0.3) is 5.56 Å².